The molecule has 28 heavy (non-hydrogen) atoms. The number of H-pyrrole nitrogens is 1. The lowest BCUT2D eigenvalue weighted by molar-refractivity contribution is 0.102. The number of para-hydroxylation sites is 1. The van der Waals surface area contributed by atoms with Crippen molar-refractivity contribution in [1.82, 2.24) is 20.0 Å². The standard InChI is InChI=1S/C19H15F2N5O2/c1-26-16(11-6-10-9-22-24-14(10)8-17(11)28-2)7-15(25-26)19(27)23-18-12(20)4-3-5-13(18)21/h3-9H,1-2H3,(H,22,24)(H,23,27). The van der Waals surface area contributed by atoms with Crippen molar-refractivity contribution in [3.63, 3.8) is 0 Å². The fourth-order valence-electron chi connectivity index (χ4n) is 2.97. The van der Waals surface area contributed by atoms with Gasteiger partial charge in [0.1, 0.15) is 23.1 Å². The molecule has 1 amide bonds. The van der Waals surface area contributed by atoms with Crippen molar-refractivity contribution in [3.05, 3.63) is 59.9 Å². The van der Waals surface area contributed by atoms with Crippen LogP contribution in [-0.4, -0.2) is 33.0 Å². The zero-order valence-corrected chi connectivity index (χ0v) is 15.0. The number of rotatable bonds is 4. The van der Waals surface area contributed by atoms with Crippen molar-refractivity contribution < 1.29 is 18.3 Å². The van der Waals surface area contributed by atoms with E-state index in [4.69, 9.17) is 4.74 Å². The third kappa shape index (κ3) is 2.96. The van der Waals surface area contributed by atoms with Crippen molar-refractivity contribution >= 4 is 22.5 Å². The minimum Gasteiger partial charge on any atom is -0.496 e. The third-order valence-corrected chi connectivity index (χ3v) is 4.35. The first kappa shape index (κ1) is 17.7. The largest absolute Gasteiger partial charge is 0.496 e. The molecule has 0 bridgehead atoms. The van der Waals surface area contributed by atoms with Gasteiger partial charge >= 0.3 is 0 Å². The van der Waals surface area contributed by atoms with Crippen LogP contribution in [-0.2, 0) is 7.05 Å². The van der Waals surface area contributed by atoms with Crippen LogP contribution in [0.4, 0.5) is 14.5 Å². The molecule has 142 valence electrons. The number of aromatic nitrogens is 4. The SMILES string of the molecule is COc1cc2[nH]ncc2cc1-c1cc(C(=O)Nc2c(F)cccc2F)nn1C. The van der Waals surface area contributed by atoms with Crippen molar-refractivity contribution in [1.29, 1.82) is 0 Å². The van der Waals surface area contributed by atoms with Crippen LogP contribution in [0.15, 0.2) is 42.6 Å². The van der Waals surface area contributed by atoms with Crippen molar-refractivity contribution in [2.75, 3.05) is 12.4 Å². The molecule has 2 heterocycles. The number of aromatic amines is 1. The number of carbonyl (C=O) groups is 1. The average Bonchev–Trinajstić information content (AvgIpc) is 3.29. The maximum absolute atomic E-state index is 13.8. The van der Waals surface area contributed by atoms with Gasteiger partial charge in [-0.15, -0.1) is 0 Å². The van der Waals surface area contributed by atoms with Crippen molar-refractivity contribution in [2.24, 2.45) is 7.05 Å². The summed E-state index contributed by atoms with van der Waals surface area (Å²) in [6, 6.07) is 8.52. The smallest absolute Gasteiger partial charge is 0.276 e. The molecule has 0 aliphatic heterocycles. The number of methoxy groups -OCH3 is 1. The minimum atomic E-state index is -0.864. The van der Waals surface area contributed by atoms with Gasteiger partial charge < -0.3 is 10.1 Å². The van der Waals surface area contributed by atoms with E-state index < -0.39 is 23.2 Å². The Morgan fingerprint density at radius 3 is 2.68 bits per heavy atom. The number of aryl methyl sites for hydroxylation is 1. The Morgan fingerprint density at radius 2 is 1.96 bits per heavy atom. The molecule has 0 unspecified atom stereocenters. The van der Waals surface area contributed by atoms with Gasteiger partial charge in [0.05, 0.1) is 24.5 Å². The molecule has 7 nitrogen and oxygen atoms in total. The molecule has 2 N–H and O–H groups in total. The number of hydrogen-bond donors (Lipinski definition) is 2. The maximum atomic E-state index is 13.8. The summed E-state index contributed by atoms with van der Waals surface area (Å²) < 4.78 is 34.5. The lowest BCUT2D eigenvalue weighted by atomic mass is 10.1. The number of fused-ring (bicyclic) bond motifs is 1. The van der Waals surface area contributed by atoms with Crippen LogP contribution in [0.25, 0.3) is 22.2 Å². The average molecular weight is 383 g/mol. The first-order chi connectivity index (χ1) is 13.5. The number of anilines is 1. The van der Waals surface area contributed by atoms with Crippen LogP contribution in [0.5, 0.6) is 5.75 Å². The molecule has 0 radical (unpaired) electrons. The molecule has 2 aromatic heterocycles. The lowest BCUT2D eigenvalue weighted by Gasteiger charge is -2.08. The highest BCUT2D eigenvalue weighted by Crippen LogP contribution is 2.33. The van der Waals surface area contributed by atoms with Crippen LogP contribution in [0.3, 0.4) is 0 Å². The van der Waals surface area contributed by atoms with E-state index in [9.17, 15) is 13.6 Å². The molecule has 0 atom stereocenters. The number of amides is 1. The molecule has 0 aliphatic rings. The summed E-state index contributed by atoms with van der Waals surface area (Å²) in [5, 5.41) is 14.1. The van der Waals surface area contributed by atoms with Gasteiger partial charge in [-0.1, -0.05) is 6.07 Å². The van der Waals surface area contributed by atoms with Crippen molar-refractivity contribution in [3.8, 4) is 17.0 Å². The molecule has 4 aromatic rings. The highest BCUT2D eigenvalue weighted by atomic mass is 19.1. The second-order valence-corrected chi connectivity index (χ2v) is 6.10. The maximum Gasteiger partial charge on any atom is 0.276 e. The normalized spacial score (nSPS) is 11.0. The number of benzene rings is 2. The van der Waals surface area contributed by atoms with Crippen LogP contribution in [0.2, 0.25) is 0 Å². The van der Waals surface area contributed by atoms with E-state index in [1.165, 1.54) is 23.9 Å². The first-order valence-corrected chi connectivity index (χ1v) is 8.29. The zero-order chi connectivity index (χ0) is 19.8. The molecule has 0 fully saturated rings. The van der Waals surface area contributed by atoms with Gasteiger partial charge in [0.25, 0.3) is 5.91 Å². The van der Waals surface area contributed by atoms with Crippen LogP contribution in [0, 0.1) is 11.6 Å². The fraction of sp³-hybridized carbons (Fsp3) is 0.105. The van der Waals surface area contributed by atoms with E-state index in [2.05, 4.69) is 20.6 Å². The predicted molar refractivity (Wildman–Crippen MR) is 99.2 cm³/mol. The highest BCUT2D eigenvalue weighted by molar-refractivity contribution is 6.04. The predicted octanol–water partition coefficient (Wildman–Crippen LogP) is 3.50. The molecular weight excluding hydrogens is 368 g/mol. The molecule has 9 heteroatoms. The summed E-state index contributed by atoms with van der Waals surface area (Å²) in [6.07, 6.45) is 1.67. The Bertz CT molecular complexity index is 1180. The fourth-order valence-corrected chi connectivity index (χ4v) is 2.97. The Kier molecular flexibility index (Phi) is 4.26. The van der Waals surface area contributed by atoms with Gasteiger partial charge in [0.2, 0.25) is 0 Å². The Balaban J connectivity index is 1.72. The lowest BCUT2D eigenvalue weighted by Crippen LogP contribution is -2.15. The van der Waals surface area contributed by atoms with E-state index in [-0.39, 0.29) is 5.69 Å². The third-order valence-electron chi connectivity index (χ3n) is 4.35. The summed E-state index contributed by atoms with van der Waals surface area (Å²) in [7, 11) is 3.20. The van der Waals surface area contributed by atoms with Gasteiger partial charge in [-0.05, 0) is 24.3 Å². The van der Waals surface area contributed by atoms with E-state index in [0.29, 0.717) is 17.0 Å². The monoisotopic (exact) mass is 383 g/mol. The van der Waals surface area contributed by atoms with Gasteiger partial charge in [0, 0.05) is 24.1 Å². The minimum absolute atomic E-state index is 0.00879. The number of nitrogens with zero attached hydrogens (tertiary/aromatic N) is 3. The Morgan fingerprint density at radius 1 is 1.21 bits per heavy atom. The van der Waals surface area contributed by atoms with E-state index >= 15 is 0 Å². The molecule has 0 saturated carbocycles. The summed E-state index contributed by atoms with van der Waals surface area (Å²) in [5.74, 6) is -1.89. The van der Waals surface area contributed by atoms with E-state index in [1.807, 2.05) is 6.07 Å². The van der Waals surface area contributed by atoms with Crippen LogP contribution in [0.1, 0.15) is 10.5 Å². The topological polar surface area (TPSA) is 84.8 Å². The van der Waals surface area contributed by atoms with Gasteiger partial charge in [-0.3, -0.25) is 14.6 Å². The molecule has 0 spiro atoms. The van der Waals surface area contributed by atoms with Gasteiger partial charge in [-0.2, -0.15) is 10.2 Å². The Labute approximate surface area is 157 Å². The number of hydrogen-bond acceptors (Lipinski definition) is 4. The molecule has 2 aromatic carbocycles. The molecular formula is C19H15F2N5O2. The number of ether oxygens (including phenoxy) is 1. The van der Waals surface area contributed by atoms with Crippen LogP contribution < -0.4 is 10.1 Å². The quantitative estimate of drug-likeness (QED) is 0.565. The summed E-state index contributed by atoms with van der Waals surface area (Å²) >= 11 is 0. The first-order valence-electron chi connectivity index (χ1n) is 8.29. The van der Waals surface area contributed by atoms with Gasteiger partial charge in [-0.25, -0.2) is 8.78 Å². The molecule has 0 saturated heterocycles. The summed E-state index contributed by atoms with van der Waals surface area (Å²) in [4.78, 5) is 12.5. The zero-order valence-electron chi connectivity index (χ0n) is 15.0. The summed E-state index contributed by atoms with van der Waals surface area (Å²) in [6.45, 7) is 0. The highest BCUT2D eigenvalue weighted by Gasteiger charge is 2.20. The van der Waals surface area contributed by atoms with Crippen LogP contribution >= 0.6 is 0 Å². The molecule has 0 aliphatic carbocycles. The van der Waals surface area contributed by atoms with E-state index in [0.717, 1.165) is 23.0 Å². The second-order valence-electron chi connectivity index (χ2n) is 6.10. The van der Waals surface area contributed by atoms with Crippen molar-refractivity contribution in [2.45, 2.75) is 0 Å². The number of nitrogens with one attached hydrogen (secondary N) is 2. The number of carbonyl (C=O) groups excluding carboxylic acids is 1. The van der Waals surface area contributed by atoms with E-state index in [1.54, 1.807) is 19.3 Å². The molecule has 4 rings (SSSR count). The Hall–Kier alpha value is -3.75. The number of halogens is 2. The van der Waals surface area contributed by atoms with Gasteiger partial charge in [0.15, 0.2) is 5.69 Å². The second kappa shape index (κ2) is 6.76. The summed E-state index contributed by atoms with van der Waals surface area (Å²) in [5.41, 5.74) is 1.59.